The molecule has 0 saturated carbocycles. The maximum absolute atomic E-state index is 12.3. The molecule has 0 fully saturated rings. The van der Waals surface area contributed by atoms with Gasteiger partial charge in [-0.2, -0.15) is 0 Å². The predicted molar refractivity (Wildman–Crippen MR) is 101 cm³/mol. The Morgan fingerprint density at radius 2 is 1.84 bits per heavy atom. The largest absolute Gasteiger partial charge is 0.497 e. The molecule has 0 radical (unpaired) electrons. The highest BCUT2D eigenvalue weighted by Crippen LogP contribution is 2.28. The number of nitrogens with zero attached hydrogens (tertiary/aromatic N) is 1. The third-order valence-electron chi connectivity index (χ3n) is 3.70. The van der Waals surface area contributed by atoms with Crippen molar-refractivity contribution in [2.45, 2.75) is 6.92 Å². The van der Waals surface area contributed by atoms with Gasteiger partial charge in [-0.25, -0.2) is 4.98 Å². The minimum atomic E-state index is -0.228. The van der Waals surface area contributed by atoms with Crippen molar-refractivity contribution in [2.75, 3.05) is 12.4 Å². The van der Waals surface area contributed by atoms with Crippen LogP contribution in [0.3, 0.4) is 0 Å². The lowest BCUT2D eigenvalue weighted by Gasteiger charge is -2.11. The van der Waals surface area contributed by atoms with Crippen LogP contribution < -0.4 is 15.6 Å². The Kier molecular flexibility index (Phi) is 4.97. The first-order valence-electron chi connectivity index (χ1n) is 7.45. The Bertz CT molecular complexity index is 969. The lowest BCUT2D eigenvalue weighted by atomic mass is 10.1. The quantitative estimate of drug-likeness (QED) is 0.686. The molecule has 0 saturated heterocycles. The second-order valence-electron chi connectivity index (χ2n) is 5.37. The summed E-state index contributed by atoms with van der Waals surface area (Å²) in [6.45, 7) is 1.73. The molecule has 5 nitrogen and oxygen atoms in total. The fourth-order valence-corrected chi connectivity index (χ4v) is 2.80. The van der Waals surface area contributed by atoms with Crippen LogP contribution in [0.2, 0.25) is 10.0 Å². The SMILES string of the molecule is COc1ccc(-c2nc(Nc3ccc(Cl)cc3Cl)[nH]c(=O)c2C)cc1. The standard InChI is InChI=1S/C18H15Cl2N3O2/c1-10-16(11-3-6-13(25-2)7-4-11)22-18(23-17(10)24)21-15-8-5-12(19)9-14(15)20/h3-9H,1-2H3,(H2,21,22,23,24). The van der Waals surface area contributed by atoms with Gasteiger partial charge in [0.2, 0.25) is 5.95 Å². The molecule has 1 aromatic heterocycles. The summed E-state index contributed by atoms with van der Waals surface area (Å²) >= 11 is 12.1. The molecular weight excluding hydrogens is 361 g/mol. The average molecular weight is 376 g/mol. The van der Waals surface area contributed by atoms with Gasteiger partial charge in [0.15, 0.2) is 0 Å². The molecule has 0 bridgehead atoms. The van der Waals surface area contributed by atoms with E-state index in [0.29, 0.717) is 32.9 Å². The molecule has 128 valence electrons. The van der Waals surface area contributed by atoms with Crippen molar-refractivity contribution >= 4 is 34.8 Å². The molecule has 0 aliphatic carbocycles. The molecule has 0 unspecified atom stereocenters. The van der Waals surface area contributed by atoms with Crippen molar-refractivity contribution in [3.8, 4) is 17.0 Å². The first kappa shape index (κ1) is 17.3. The van der Waals surface area contributed by atoms with Gasteiger partial charge in [0.1, 0.15) is 5.75 Å². The molecule has 0 aliphatic rings. The number of hydrogen-bond donors (Lipinski definition) is 2. The Labute approximate surface area is 154 Å². The average Bonchev–Trinajstić information content (AvgIpc) is 2.60. The number of aromatic amines is 1. The van der Waals surface area contributed by atoms with E-state index in [0.717, 1.165) is 11.3 Å². The Hall–Kier alpha value is -2.50. The summed E-state index contributed by atoms with van der Waals surface area (Å²) in [6.07, 6.45) is 0. The third-order valence-corrected chi connectivity index (χ3v) is 4.25. The van der Waals surface area contributed by atoms with Gasteiger partial charge in [0.25, 0.3) is 5.56 Å². The third kappa shape index (κ3) is 3.78. The lowest BCUT2D eigenvalue weighted by Crippen LogP contribution is -2.15. The van der Waals surface area contributed by atoms with E-state index >= 15 is 0 Å². The number of halogens is 2. The zero-order valence-electron chi connectivity index (χ0n) is 13.6. The molecule has 7 heteroatoms. The van der Waals surface area contributed by atoms with Crippen LogP contribution >= 0.6 is 23.2 Å². The maximum atomic E-state index is 12.3. The van der Waals surface area contributed by atoms with E-state index in [1.807, 2.05) is 24.3 Å². The highest BCUT2D eigenvalue weighted by molar-refractivity contribution is 6.36. The van der Waals surface area contributed by atoms with Gasteiger partial charge in [-0.05, 0) is 49.4 Å². The molecule has 3 aromatic rings. The van der Waals surface area contributed by atoms with Crippen LogP contribution in [-0.4, -0.2) is 17.1 Å². The molecule has 0 atom stereocenters. The molecule has 1 heterocycles. The zero-order chi connectivity index (χ0) is 18.0. The minimum Gasteiger partial charge on any atom is -0.497 e. The smallest absolute Gasteiger partial charge is 0.255 e. The molecule has 3 rings (SSSR count). The zero-order valence-corrected chi connectivity index (χ0v) is 15.1. The maximum Gasteiger partial charge on any atom is 0.255 e. The predicted octanol–water partition coefficient (Wildman–Crippen LogP) is 4.80. The highest BCUT2D eigenvalue weighted by Gasteiger charge is 2.11. The molecule has 0 aliphatic heterocycles. The molecule has 0 amide bonds. The van der Waals surface area contributed by atoms with Crippen LogP contribution in [0.15, 0.2) is 47.3 Å². The van der Waals surface area contributed by atoms with Crippen LogP contribution in [-0.2, 0) is 0 Å². The van der Waals surface area contributed by atoms with E-state index in [4.69, 9.17) is 27.9 Å². The Morgan fingerprint density at radius 1 is 1.12 bits per heavy atom. The fourth-order valence-electron chi connectivity index (χ4n) is 2.34. The van der Waals surface area contributed by atoms with Crippen molar-refractivity contribution < 1.29 is 4.74 Å². The molecule has 0 spiro atoms. The summed E-state index contributed by atoms with van der Waals surface area (Å²) in [5, 5.41) is 3.98. The van der Waals surface area contributed by atoms with Gasteiger partial charge >= 0.3 is 0 Å². The van der Waals surface area contributed by atoms with Crippen LogP contribution in [0.1, 0.15) is 5.56 Å². The van der Waals surface area contributed by atoms with E-state index in [1.54, 1.807) is 32.2 Å². The number of benzene rings is 2. The van der Waals surface area contributed by atoms with Crippen molar-refractivity contribution in [1.29, 1.82) is 0 Å². The first-order chi connectivity index (χ1) is 12.0. The number of H-pyrrole nitrogens is 1. The number of rotatable bonds is 4. The van der Waals surface area contributed by atoms with Crippen molar-refractivity contribution in [3.63, 3.8) is 0 Å². The summed E-state index contributed by atoms with van der Waals surface area (Å²) < 4.78 is 5.16. The van der Waals surface area contributed by atoms with E-state index in [-0.39, 0.29) is 5.56 Å². The Morgan fingerprint density at radius 3 is 2.48 bits per heavy atom. The second-order valence-corrected chi connectivity index (χ2v) is 6.21. The summed E-state index contributed by atoms with van der Waals surface area (Å²) in [5.74, 6) is 1.03. The van der Waals surface area contributed by atoms with Crippen molar-refractivity contribution in [1.82, 2.24) is 9.97 Å². The highest BCUT2D eigenvalue weighted by atomic mass is 35.5. The van der Waals surface area contributed by atoms with Crippen LogP contribution in [0.25, 0.3) is 11.3 Å². The van der Waals surface area contributed by atoms with Gasteiger partial charge in [-0.15, -0.1) is 0 Å². The molecule has 2 aromatic carbocycles. The van der Waals surface area contributed by atoms with Crippen LogP contribution in [0, 0.1) is 6.92 Å². The summed E-state index contributed by atoms with van der Waals surface area (Å²) in [4.78, 5) is 19.5. The summed E-state index contributed by atoms with van der Waals surface area (Å²) in [5.41, 5.74) is 2.29. The normalized spacial score (nSPS) is 10.6. The van der Waals surface area contributed by atoms with Crippen molar-refractivity contribution in [2.24, 2.45) is 0 Å². The van der Waals surface area contributed by atoms with E-state index < -0.39 is 0 Å². The molecule has 2 N–H and O–H groups in total. The number of anilines is 2. The van der Waals surface area contributed by atoms with Gasteiger partial charge in [-0.3, -0.25) is 9.78 Å². The monoisotopic (exact) mass is 375 g/mol. The summed E-state index contributed by atoms with van der Waals surface area (Å²) in [7, 11) is 1.60. The van der Waals surface area contributed by atoms with Gasteiger partial charge in [0.05, 0.1) is 23.5 Å². The number of aromatic nitrogens is 2. The first-order valence-corrected chi connectivity index (χ1v) is 8.21. The van der Waals surface area contributed by atoms with Gasteiger partial charge < -0.3 is 10.1 Å². The van der Waals surface area contributed by atoms with Crippen molar-refractivity contribution in [3.05, 3.63) is 68.4 Å². The Balaban J connectivity index is 2.01. The number of ether oxygens (including phenoxy) is 1. The number of nitrogens with one attached hydrogen (secondary N) is 2. The van der Waals surface area contributed by atoms with E-state index in [1.165, 1.54) is 0 Å². The lowest BCUT2D eigenvalue weighted by molar-refractivity contribution is 0.415. The van der Waals surface area contributed by atoms with Gasteiger partial charge in [-0.1, -0.05) is 23.2 Å². The van der Waals surface area contributed by atoms with Crippen LogP contribution in [0.5, 0.6) is 5.75 Å². The van der Waals surface area contributed by atoms with E-state index in [2.05, 4.69) is 15.3 Å². The molecule has 25 heavy (non-hydrogen) atoms. The van der Waals surface area contributed by atoms with Crippen LogP contribution in [0.4, 0.5) is 11.6 Å². The summed E-state index contributed by atoms with van der Waals surface area (Å²) in [6, 6.07) is 12.4. The van der Waals surface area contributed by atoms with Gasteiger partial charge in [0, 0.05) is 16.1 Å². The minimum absolute atomic E-state index is 0.228. The van der Waals surface area contributed by atoms with E-state index in [9.17, 15) is 4.79 Å². The topological polar surface area (TPSA) is 67.0 Å². The second kappa shape index (κ2) is 7.17. The molecular formula is C18H15Cl2N3O2. The fraction of sp³-hybridized carbons (Fsp3) is 0.111. The number of hydrogen-bond acceptors (Lipinski definition) is 4. The number of methoxy groups -OCH3 is 1.